The third-order valence-corrected chi connectivity index (χ3v) is 4.49. The van der Waals surface area contributed by atoms with Crippen LogP contribution in [0.4, 0.5) is 0 Å². The van der Waals surface area contributed by atoms with E-state index in [1.807, 2.05) is 0 Å². The number of hydrogen-bond acceptors (Lipinski definition) is 1. The predicted molar refractivity (Wildman–Crippen MR) is 51.1 cm³/mol. The molecule has 0 aromatic heterocycles. The lowest BCUT2D eigenvalue weighted by atomic mass is 9.76. The van der Waals surface area contributed by atoms with Crippen LogP contribution in [0.25, 0.3) is 0 Å². The highest BCUT2D eigenvalue weighted by molar-refractivity contribution is 5.51. The second kappa shape index (κ2) is 2.70. The molecule has 13 heavy (non-hydrogen) atoms. The Balaban J connectivity index is 1.83. The lowest BCUT2D eigenvalue weighted by Gasteiger charge is -2.28. The molecule has 3 aliphatic rings. The van der Waals surface area contributed by atoms with Crippen LogP contribution in [0.2, 0.25) is 0 Å². The maximum Gasteiger partial charge on any atom is 0.120 e. The van der Waals surface area contributed by atoms with Gasteiger partial charge in [-0.1, -0.05) is 12.2 Å². The topological polar surface area (TPSA) is 17.1 Å². The van der Waals surface area contributed by atoms with Crippen LogP contribution < -0.4 is 0 Å². The summed E-state index contributed by atoms with van der Waals surface area (Å²) in [5.41, 5.74) is 0. The molecule has 2 bridgehead atoms. The third-order valence-electron chi connectivity index (χ3n) is 4.49. The Morgan fingerprint density at radius 2 is 2.08 bits per heavy atom. The summed E-state index contributed by atoms with van der Waals surface area (Å²) in [5.74, 6) is 4.23. The number of aldehydes is 1. The Hall–Kier alpha value is -0.590. The van der Waals surface area contributed by atoms with Gasteiger partial charge in [0.15, 0.2) is 0 Å². The number of carbonyl (C=O) groups is 1. The molecule has 0 aliphatic heterocycles. The minimum Gasteiger partial charge on any atom is -0.303 e. The van der Waals surface area contributed by atoms with Crippen LogP contribution in [0.1, 0.15) is 25.7 Å². The molecule has 70 valence electrons. The lowest BCUT2D eigenvalue weighted by Crippen LogP contribution is -2.23. The van der Waals surface area contributed by atoms with E-state index in [4.69, 9.17) is 0 Å². The van der Waals surface area contributed by atoms with Crippen molar-refractivity contribution in [1.29, 1.82) is 0 Å². The molecule has 5 atom stereocenters. The van der Waals surface area contributed by atoms with Crippen molar-refractivity contribution in [2.24, 2.45) is 29.6 Å². The molecule has 0 saturated heterocycles. The van der Waals surface area contributed by atoms with E-state index in [9.17, 15) is 4.79 Å². The van der Waals surface area contributed by atoms with Crippen molar-refractivity contribution >= 4 is 6.29 Å². The number of fused-ring (bicyclic) bond motifs is 5. The molecule has 2 saturated carbocycles. The van der Waals surface area contributed by atoms with Gasteiger partial charge in [0.25, 0.3) is 0 Å². The molecule has 1 heteroatoms. The number of carbonyl (C=O) groups excluding carboxylic acids is 1. The van der Waals surface area contributed by atoms with Crippen molar-refractivity contribution in [3.63, 3.8) is 0 Å². The highest BCUT2D eigenvalue weighted by Crippen LogP contribution is 2.58. The van der Waals surface area contributed by atoms with E-state index < -0.39 is 0 Å². The van der Waals surface area contributed by atoms with Gasteiger partial charge >= 0.3 is 0 Å². The number of rotatable bonds is 2. The van der Waals surface area contributed by atoms with Gasteiger partial charge in [-0.2, -0.15) is 0 Å². The van der Waals surface area contributed by atoms with Crippen LogP contribution in [-0.4, -0.2) is 6.29 Å². The average Bonchev–Trinajstić information content (AvgIpc) is 2.74. The molecule has 0 aromatic rings. The van der Waals surface area contributed by atoms with Gasteiger partial charge < -0.3 is 4.79 Å². The van der Waals surface area contributed by atoms with Gasteiger partial charge in [-0.15, -0.1) is 0 Å². The number of hydrogen-bond donors (Lipinski definition) is 0. The first-order chi connectivity index (χ1) is 6.40. The summed E-state index contributed by atoms with van der Waals surface area (Å²) in [6, 6.07) is 0. The maximum atomic E-state index is 10.5. The zero-order valence-corrected chi connectivity index (χ0v) is 7.86. The van der Waals surface area contributed by atoms with Crippen molar-refractivity contribution in [2.45, 2.75) is 25.7 Å². The largest absolute Gasteiger partial charge is 0.303 e. The van der Waals surface area contributed by atoms with Crippen molar-refractivity contribution in [2.75, 3.05) is 0 Å². The van der Waals surface area contributed by atoms with Crippen LogP contribution in [0.3, 0.4) is 0 Å². The first kappa shape index (κ1) is 7.78. The van der Waals surface area contributed by atoms with Gasteiger partial charge in [0.1, 0.15) is 6.29 Å². The second-order valence-corrected chi connectivity index (χ2v) is 4.94. The Bertz CT molecular complexity index is 256. The van der Waals surface area contributed by atoms with Gasteiger partial charge in [-0.25, -0.2) is 0 Å². The molecule has 0 spiro atoms. The summed E-state index contributed by atoms with van der Waals surface area (Å²) in [6.07, 6.45) is 10.9. The molecule has 5 unspecified atom stereocenters. The maximum absolute atomic E-state index is 10.5. The highest BCUT2D eigenvalue weighted by atomic mass is 16.1. The Morgan fingerprint density at radius 3 is 2.92 bits per heavy atom. The molecular weight excluding hydrogens is 160 g/mol. The Kier molecular flexibility index (Phi) is 1.61. The fourth-order valence-electron chi connectivity index (χ4n) is 4.05. The minimum atomic E-state index is 0.595. The molecule has 0 N–H and O–H groups in total. The standard InChI is InChI=1S/C12H16O/c13-6-5-8-3-4-11-9-1-2-10(7-9)12(8)11/h3-4,6,8-12H,1-2,5,7H2. The molecular formula is C12H16O. The average molecular weight is 176 g/mol. The monoisotopic (exact) mass is 176 g/mol. The second-order valence-electron chi connectivity index (χ2n) is 4.94. The van der Waals surface area contributed by atoms with E-state index in [1.54, 1.807) is 0 Å². The van der Waals surface area contributed by atoms with E-state index in [0.29, 0.717) is 5.92 Å². The van der Waals surface area contributed by atoms with Crippen molar-refractivity contribution in [3.8, 4) is 0 Å². The van der Waals surface area contributed by atoms with Crippen LogP contribution in [0.5, 0.6) is 0 Å². The van der Waals surface area contributed by atoms with Crippen molar-refractivity contribution in [3.05, 3.63) is 12.2 Å². The van der Waals surface area contributed by atoms with Gasteiger partial charge in [0.2, 0.25) is 0 Å². The predicted octanol–water partition coefficient (Wildman–Crippen LogP) is 2.42. The molecule has 0 aromatic carbocycles. The SMILES string of the molecule is O=CCC1C=CC2C3CCC(C3)C12. The van der Waals surface area contributed by atoms with E-state index in [-0.39, 0.29) is 0 Å². The Labute approximate surface area is 79.2 Å². The Morgan fingerprint density at radius 1 is 1.23 bits per heavy atom. The van der Waals surface area contributed by atoms with Crippen LogP contribution >= 0.6 is 0 Å². The highest BCUT2D eigenvalue weighted by Gasteiger charge is 2.50. The normalized spacial score (nSPS) is 51.2. The van der Waals surface area contributed by atoms with E-state index in [2.05, 4.69) is 12.2 Å². The van der Waals surface area contributed by atoms with Crippen LogP contribution in [0.15, 0.2) is 12.2 Å². The molecule has 3 aliphatic carbocycles. The van der Waals surface area contributed by atoms with Crippen LogP contribution in [-0.2, 0) is 4.79 Å². The van der Waals surface area contributed by atoms with E-state index in [0.717, 1.165) is 36.4 Å². The summed E-state index contributed by atoms with van der Waals surface area (Å²) in [5, 5.41) is 0. The summed E-state index contributed by atoms with van der Waals surface area (Å²) in [7, 11) is 0. The molecule has 0 amide bonds. The lowest BCUT2D eigenvalue weighted by molar-refractivity contribution is -0.108. The van der Waals surface area contributed by atoms with Gasteiger partial charge in [-0.05, 0) is 48.9 Å². The molecule has 0 radical (unpaired) electrons. The molecule has 3 rings (SSSR count). The zero-order chi connectivity index (χ0) is 8.84. The van der Waals surface area contributed by atoms with Gasteiger partial charge in [-0.3, -0.25) is 0 Å². The van der Waals surface area contributed by atoms with E-state index >= 15 is 0 Å². The van der Waals surface area contributed by atoms with Gasteiger partial charge in [0, 0.05) is 6.42 Å². The number of allylic oxidation sites excluding steroid dienone is 2. The molecule has 0 heterocycles. The van der Waals surface area contributed by atoms with Crippen molar-refractivity contribution < 1.29 is 4.79 Å². The smallest absolute Gasteiger partial charge is 0.120 e. The fraction of sp³-hybridized carbons (Fsp3) is 0.750. The van der Waals surface area contributed by atoms with Crippen LogP contribution in [0, 0.1) is 29.6 Å². The minimum absolute atomic E-state index is 0.595. The van der Waals surface area contributed by atoms with Gasteiger partial charge in [0.05, 0.1) is 0 Å². The summed E-state index contributed by atoms with van der Waals surface area (Å²) >= 11 is 0. The summed E-state index contributed by atoms with van der Waals surface area (Å²) in [6.45, 7) is 0. The molecule has 1 nitrogen and oxygen atoms in total. The fourth-order valence-corrected chi connectivity index (χ4v) is 4.05. The first-order valence-corrected chi connectivity index (χ1v) is 5.52. The first-order valence-electron chi connectivity index (χ1n) is 5.52. The van der Waals surface area contributed by atoms with E-state index in [1.165, 1.54) is 19.3 Å². The molecule has 2 fully saturated rings. The summed E-state index contributed by atoms with van der Waals surface area (Å²) < 4.78 is 0. The summed E-state index contributed by atoms with van der Waals surface area (Å²) in [4.78, 5) is 10.5. The van der Waals surface area contributed by atoms with Crippen molar-refractivity contribution in [1.82, 2.24) is 0 Å². The quantitative estimate of drug-likeness (QED) is 0.466. The third kappa shape index (κ3) is 0.962. The zero-order valence-electron chi connectivity index (χ0n) is 7.86.